The van der Waals surface area contributed by atoms with Crippen molar-refractivity contribution in [3.05, 3.63) is 0 Å². The van der Waals surface area contributed by atoms with Crippen molar-refractivity contribution < 1.29 is 14.3 Å². The summed E-state index contributed by atoms with van der Waals surface area (Å²) in [5, 5.41) is 0. The third kappa shape index (κ3) is 4.62. The number of esters is 1. The Morgan fingerprint density at radius 2 is 2.13 bits per heavy atom. The molecule has 3 atom stereocenters. The number of methoxy groups -OCH3 is 1. The van der Waals surface area contributed by atoms with Gasteiger partial charge in [-0.05, 0) is 26.2 Å². The Balaban J connectivity index is 2.28. The Kier molecular flexibility index (Phi) is 5.05. The summed E-state index contributed by atoms with van der Waals surface area (Å²) in [4.78, 5) is 11.4. The Labute approximate surface area is 91.1 Å². The predicted octanol–water partition coefficient (Wildman–Crippen LogP) is 1.22. The van der Waals surface area contributed by atoms with Crippen LogP contribution in [0.15, 0.2) is 0 Å². The van der Waals surface area contributed by atoms with Gasteiger partial charge in [0.1, 0.15) is 6.10 Å². The van der Waals surface area contributed by atoms with Crippen molar-refractivity contribution in [2.75, 3.05) is 7.11 Å². The molecule has 0 aromatic heterocycles. The van der Waals surface area contributed by atoms with Gasteiger partial charge in [0.15, 0.2) is 0 Å². The van der Waals surface area contributed by atoms with E-state index in [9.17, 15) is 4.79 Å². The number of rotatable bonds is 4. The molecule has 4 nitrogen and oxygen atoms in total. The van der Waals surface area contributed by atoms with Crippen LogP contribution in [0.2, 0.25) is 0 Å². The van der Waals surface area contributed by atoms with Crippen LogP contribution in [0.3, 0.4) is 0 Å². The molecule has 0 aromatic carbocycles. The largest absolute Gasteiger partial charge is 0.462 e. The maximum Gasteiger partial charge on any atom is 0.307 e. The first-order chi connectivity index (χ1) is 7.11. The summed E-state index contributed by atoms with van der Waals surface area (Å²) in [6.07, 6.45) is 4.47. The molecule has 0 radical (unpaired) electrons. The first-order valence-electron chi connectivity index (χ1n) is 5.59. The van der Waals surface area contributed by atoms with Crippen molar-refractivity contribution in [1.29, 1.82) is 0 Å². The number of hydrogen-bond donors (Lipinski definition) is 1. The van der Waals surface area contributed by atoms with Gasteiger partial charge in [-0.25, -0.2) is 0 Å². The molecule has 1 aliphatic rings. The fraction of sp³-hybridized carbons (Fsp3) is 0.909. The molecule has 1 saturated carbocycles. The molecule has 1 aliphatic carbocycles. The minimum Gasteiger partial charge on any atom is -0.462 e. The molecule has 4 heteroatoms. The molecule has 3 unspecified atom stereocenters. The van der Waals surface area contributed by atoms with Crippen LogP contribution in [-0.4, -0.2) is 31.3 Å². The van der Waals surface area contributed by atoms with Gasteiger partial charge in [-0.1, -0.05) is 0 Å². The van der Waals surface area contributed by atoms with E-state index in [0.717, 1.165) is 25.7 Å². The first-order valence-corrected chi connectivity index (χ1v) is 5.59. The zero-order valence-electron chi connectivity index (χ0n) is 9.57. The SMILES string of the molecule is COC1CCCC(OC(=O)CC(C)N)C1. The van der Waals surface area contributed by atoms with Crippen molar-refractivity contribution in [2.24, 2.45) is 5.73 Å². The number of carbonyl (C=O) groups is 1. The summed E-state index contributed by atoms with van der Waals surface area (Å²) in [7, 11) is 1.71. The summed E-state index contributed by atoms with van der Waals surface area (Å²) < 4.78 is 10.6. The quantitative estimate of drug-likeness (QED) is 0.716. The third-order valence-electron chi connectivity index (χ3n) is 2.70. The van der Waals surface area contributed by atoms with Crippen LogP contribution in [0.25, 0.3) is 0 Å². The number of hydrogen-bond acceptors (Lipinski definition) is 4. The Morgan fingerprint density at radius 1 is 1.47 bits per heavy atom. The van der Waals surface area contributed by atoms with Gasteiger partial charge in [0.25, 0.3) is 0 Å². The molecule has 2 N–H and O–H groups in total. The summed E-state index contributed by atoms with van der Waals surface area (Å²) in [6.45, 7) is 1.81. The monoisotopic (exact) mass is 215 g/mol. The van der Waals surface area contributed by atoms with Gasteiger partial charge >= 0.3 is 5.97 Å². The molecule has 0 spiro atoms. The van der Waals surface area contributed by atoms with Crippen LogP contribution < -0.4 is 5.73 Å². The average molecular weight is 215 g/mol. The fourth-order valence-corrected chi connectivity index (χ4v) is 1.92. The zero-order chi connectivity index (χ0) is 11.3. The highest BCUT2D eigenvalue weighted by atomic mass is 16.5. The number of ether oxygens (including phenoxy) is 2. The fourth-order valence-electron chi connectivity index (χ4n) is 1.92. The van der Waals surface area contributed by atoms with E-state index in [0.29, 0.717) is 6.42 Å². The highest BCUT2D eigenvalue weighted by Gasteiger charge is 2.24. The van der Waals surface area contributed by atoms with Gasteiger partial charge in [-0.3, -0.25) is 4.79 Å². The number of nitrogens with two attached hydrogens (primary N) is 1. The van der Waals surface area contributed by atoms with Gasteiger partial charge in [0, 0.05) is 19.6 Å². The minimum atomic E-state index is -0.188. The Morgan fingerprint density at radius 3 is 2.73 bits per heavy atom. The van der Waals surface area contributed by atoms with E-state index in [1.54, 1.807) is 14.0 Å². The molecule has 0 amide bonds. The standard InChI is InChI=1S/C11H21NO3/c1-8(12)6-11(13)15-10-5-3-4-9(7-10)14-2/h8-10H,3-7,12H2,1-2H3. The number of carbonyl (C=O) groups excluding carboxylic acids is 1. The predicted molar refractivity (Wildman–Crippen MR) is 57.4 cm³/mol. The first kappa shape index (κ1) is 12.5. The van der Waals surface area contributed by atoms with Crippen LogP contribution in [0.4, 0.5) is 0 Å². The highest BCUT2D eigenvalue weighted by molar-refractivity contribution is 5.70. The normalized spacial score (nSPS) is 28.5. The second-order valence-electron chi connectivity index (χ2n) is 4.32. The molecule has 0 aromatic rings. The van der Waals surface area contributed by atoms with Crippen molar-refractivity contribution in [3.8, 4) is 0 Å². The van der Waals surface area contributed by atoms with E-state index in [1.165, 1.54) is 0 Å². The Hall–Kier alpha value is -0.610. The van der Waals surface area contributed by atoms with Crippen LogP contribution in [-0.2, 0) is 14.3 Å². The summed E-state index contributed by atoms with van der Waals surface area (Å²) in [6, 6.07) is -0.126. The van der Waals surface area contributed by atoms with E-state index < -0.39 is 0 Å². The minimum absolute atomic E-state index is 0.0231. The van der Waals surface area contributed by atoms with E-state index >= 15 is 0 Å². The molecular formula is C11H21NO3. The lowest BCUT2D eigenvalue weighted by atomic mass is 9.95. The van der Waals surface area contributed by atoms with Crippen LogP contribution in [0.1, 0.15) is 39.0 Å². The molecule has 0 heterocycles. The lowest BCUT2D eigenvalue weighted by molar-refractivity contribution is -0.152. The van der Waals surface area contributed by atoms with Crippen molar-refractivity contribution >= 4 is 5.97 Å². The zero-order valence-corrected chi connectivity index (χ0v) is 9.57. The molecule has 0 bridgehead atoms. The molecule has 0 saturated heterocycles. The lowest BCUT2D eigenvalue weighted by Crippen LogP contribution is -2.31. The van der Waals surface area contributed by atoms with Crippen molar-refractivity contribution in [2.45, 2.75) is 57.3 Å². The van der Waals surface area contributed by atoms with Gasteiger partial charge in [0.05, 0.1) is 12.5 Å². The third-order valence-corrected chi connectivity index (χ3v) is 2.70. The van der Waals surface area contributed by atoms with E-state index in [2.05, 4.69) is 0 Å². The van der Waals surface area contributed by atoms with E-state index in [4.69, 9.17) is 15.2 Å². The maximum absolute atomic E-state index is 11.4. The summed E-state index contributed by atoms with van der Waals surface area (Å²) in [5.41, 5.74) is 5.53. The topological polar surface area (TPSA) is 61.5 Å². The van der Waals surface area contributed by atoms with E-state index in [-0.39, 0.29) is 24.2 Å². The summed E-state index contributed by atoms with van der Waals surface area (Å²) >= 11 is 0. The second-order valence-corrected chi connectivity index (χ2v) is 4.32. The van der Waals surface area contributed by atoms with Crippen LogP contribution in [0.5, 0.6) is 0 Å². The average Bonchev–Trinajstić information content (AvgIpc) is 2.16. The molecule has 88 valence electrons. The molecule has 1 rings (SSSR count). The van der Waals surface area contributed by atoms with Crippen LogP contribution >= 0.6 is 0 Å². The second kappa shape index (κ2) is 6.08. The highest BCUT2D eigenvalue weighted by Crippen LogP contribution is 2.23. The van der Waals surface area contributed by atoms with Gasteiger partial charge in [0.2, 0.25) is 0 Å². The van der Waals surface area contributed by atoms with Crippen molar-refractivity contribution in [1.82, 2.24) is 0 Å². The van der Waals surface area contributed by atoms with Crippen LogP contribution in [0, 0.1) is 0 Å². The maximum atomic E-state index is 11.4. The smallest absolute Gasteiger partial charge is 0.307 e. The van der Waals surface area contributed by atoms with Gasteiger partial charge in [-0.2, -0.15) is 0 Å². The molecule has 15 heavy (non-hydrogen) atoms. The van der Waals surface area contributed by atoms with Crippen molar-refractivity contribution in [3.63, 3.8) is 0 Å². The summed E-state index contributed by atoms with van der Waals surface area (Å²) in [5.74, 6) is -0.188. The van der Waals surface area contributed by atoms with Gasteiger partial charge < -0.3 is 15.2 Å². The van der Waals surface area contributed by atoms with Gasteiger partial charge in [-0.15, -0.1) is 0 Å². The Bertz CT molecular complexity index is 206. The molecular weight excluding hydrogens is 194 g/mol. The lowest BCUT2D eigenvalue weighted by Gasteiger charge is -2.28. The molecule has 1 fully saturated rings. The molecule has 0 aliphatic heterocycles. The van der Waals surface area contributed by atoms with E-state index in [1.807, 2.05) is 0 Å².